The van der Waals surface area contributed by atoms with Crippen molar-refractivity contribution in [3.63, 3.8) is 0 Å². The first-order valence-electron chi connectivity index (χ1n) is 7.79. The molecule has 4 nitrogen and oxygen atoms in total. The maximum atomic E-state index is 12.2. The van der Waals surface area contributed by atoms with E-state index in [4.69, 9.17) is 0 Å². The first kappa shape index (κ1) is 18.2. The van der Waals surface area contributed by atoms with E-state index in [-0.39, 0.29) is 17.8 Å². The van der Waals surface area contributed by atoms with Crippen LogP contribution in [0.2, 0.25) is 0 Å². The number of nitrogens with zero attached hydrogens (tertiary/aromatic N) is 1. The van der Waals surface area contributed by atoms with Crippen molar-refractivity contribution in [3.8, 4) is 0 Å². The lowest BCUT2D eigenvalue weighted by atomic mass is 9.97. The number of aryl methyl sites for hydroxylation is 1. The molecular formula is C18H27NO3. The van der Waals surface area contributed by atoms with Crippen molar-refractivity contribution in [1.29, 1.82) is 0 Å². The summed E-state index contributed by atoms with van der Waals surface area (Å²) in [6.45, 7) is 4.27. The standard InChI is InChI=1S/C18H27NO3/c1-14(10-11-16-8-6-5-7-9-16)12-17(20)19(3)13-15(2)18(21)22-4/h5-9,14-15H,10-13H2,1-4H3. The highest BCUT2D eigenvalue weighted by molar-refractivity contribution is 5.77. The van der Waals surface area contributed by atoms with Gasteiger partial charge in [-0.05, 0) is 24.3 Å². The lowest BCUT2D eigenvalue weighted by Gasteiger charge is -2.22. The number of esters is 1. The van der Waals surface area contributed by atoms with E-state index in [1.807, 2.05) is 18.2 Å². The van der Waals surface area contributed by atoms with Gasteiger partial charge in [0.15, 0.2) is 0 Å². The zero-order chi connectivity index (χ0) is 16.5. The second-order valence-corrected chi connectivity index (χ2v) is 6.03. The van der Waals surface area contributed by atoms with E-state index in [9.17, 15) is 9.59 Å². The Morgan fingerprint density at radius 1 is 1.18 bits per heavy atom. The van der Waals surface area contributed by atoms with Gasteiger partial charge in [-0.2, -0.15) is 0 Å². The van der Waals surface area contributed by atoms with Gasteiger partial charge >= 0.3 is 5.97 Å². The maximum Gasteiger partial charge on any atom is 0.310 e. The summed E-state index contributed by atoms with van der Waals surface area (Å²) in [5.41, 5.74) is 1.30. The van der Waals surface area contributed by atoms with Gasteiger partial charge in [0.2, 0.25) is 5.91 Å². The maximum absolute atomic E-state index is 12.2. The van der Waals surface area contributed by atoms with Crippen LogP contribution in [0.5, 0.6) is 0 Å². The summed E-state index contributed by atoms with van der Waals surface area (Å²) < 4.78 is 4.68. The van der Waals surface area contributed by atoms with Gasteiger partial charge in [-0.1, -0.05) is 44.2 Å². The lowest BCUT2D eigenvalue weighted by molar-refractivity contribution is -0.146. The zero-order valence-electron chi connectivity index (χ0n) is 14.0. The Labute approximate surface area is 133 Å². The molecule has 0 N–H and O–H groups in total. The first-order chi connectivity index (χ1) is 10.4. The zero-order valence-corrected chi connectivity index (χ0v) is 14.0. The van der Waals surface area contributed by atoms with Crippen LogP contribution in [0.1, 0.15) is 32.3 Å². The van der Waals surface area contributed by atoms with Crippen molar-refractivity contribution in [1.82, 2.24) is 4.90 Å². The highest BCUT2D eigenvalue weighted by Gasteiger charge is 2.19. The quantitative estimate of drug-likeness (QED) is 0.694. The van der Waals surface area contributed by atoms with Crippen LogP contribution in [0.3, 0.4) is 0 Å². The van der Waals surface area contributed by atoms with Gasteiger partial charge in [0.05, 0.1) is 13.0 Å². The van der Waals surface area contributed by atoms with Gasteiger partial charge in [0.1, 0.15) is 0 Å². The Morgan fingerprint density at radius 3 is 2.41 bits per heavy atom. The third-order valence-electron chi connectivity index (χ3n) is 3.87. The third-order valence-corrected chi connectivity index (χ3v) is 3.87. The van der Waals surface area contributed by atoms with Crippen molar-refractivity contribution in [2.75, 3.05) is 20.7 Å². The van der Waals surface area contributed by atoms with E-state index in [0.717, 1.165) is 12.8 Å². The molecule has 0 spiro atoms. The van der Waals surface area contributed by atoms with E-state index in [1.165, 1.54) is 12.7 Å². The molecule has 2 unspecified atom stereocenters. The van der Waals surface area contributed by atoms with Crippen LogP contribution in [-0.4, -0.2) is 37.5 Å². The SMILES string of the molecule is COC(=O)C(C)CN(C)C(=O)CC(C)CCc1ccccc1. The van der Waals surface area contributed by atoms with Crippen molar-refractivity contribution in [3.05, 3.63) is 35.9 Å². The van der Waals surface area contributed by atoms with Crippen LogP contribution in [0, 0.1) is 11.8 Å². The predicted molar refractivity (Wildman–Crippen MR) is 87.4 cm³/mol. The number of ether oxygens (including phenoxy) is 1. The normalized spacial score (nSPS) is 13.3. The summed E-state index contributed by atoms with van der Waals surface area (Å²) >= 11 is 0. The first-order valence-corrected chi connectivity index (χ1v) is 7.79. The molecule has 4 heteroatoms. The molecule has 0 aliphatic rings. The van der Waals surface area contributed by atoms with E-state index in [0.29, 0.717) is 18.9 Å². The molecular weight excluding hydrogens is 278 g/mol. The lowest BCUT2D eigenvalue weighted by Crippen LogP contribution is -2.34. The molecule has 0 heterocycles. The minimum atomic E-state index is -0.293. The Hall–Kier alpha value is -1.84. The molecule has 22 heavy (non-hydrogen) atoms. The second kappa shape index (κ2) is 9.23. The topological polar surface area (TPSA) is 46.6 Å². The van der Waals surface area contributed by atoms with Crippen LogP contribution in [-0.2, 0) is 20.7 Å². The van der Waals surface area contributed by atoms with Gasteiger partial charge in [0, 0.05) is 20.0 Å². The average Bonchev–Trinajstić information content (AvgIpc) is 2.52. The number of rotatable bonds is 8. The third kappa shape index (κ3) is 6.29. The van der Waals surface area contributed by atoms with Crippen molar-refractivity contribution in [2.45, 2.75) is 33.1 Å². The monoisotopic (exact) mass is 305 g/mol. The smallest absolute Gasteiger partial charge is 0.310 e. The molecule has 122 valence electrons. The Morgan fingerprint density at radius 2 is 1.82 bits per heavy atom. The van der Waals surface area contributed by atoms with E-state index in [2.05, 4.69) is 23.8 Å². The minimum absolute atomic E-state index is 0.0799. The van der Waals surface area contributed by atoms with Crippen LogP contribution in [0.15, 0.2) is 30.3 Å². The Kier molecular flexibility index (Phi) is 7.64. The molecule has 0 aromatic heterocycles. The van der Waals surface area contributed by atoms with E-state index in [1.54, 1.807) is 18.9 Å². The van der Waals surface area contributed by atoms with Crippen LogP contribution in [0.4, 0.5) is 0 Å². The molecule has 0 radical (unpaired) electrons. The highest BCUT2D eigenvalue weighted by atomic mass is 16.5. The summed E-state index contributed by atoms with van der Waals surface area (Å²) in [5.74, 6) is -0.171. The minimum Gasteiger partial charge on any atom is -0.469 e. The van der Waals surface area contributed by atoms with Crippen molar-refractivity contribution in [2.24, 2.45) is 11.8 Å². The largest absolute Gasteiger partial charge is 0.469 e. The number of carbonyl (C=O) groups is 2. The van der Waals surface area contributed by atoms with Crippen LogP contribution >= 0.6 is 0 Å². The summed E-state index contributed by atoms with van der Waals surface area (Å²) in [5, 5.41) is 0. The van der Waals surface area contributed by atoms with E-state index >= 15 is 0 Å². The molecule has 1 aromatic rings. The summed E-state index contributed by atoms with van der Waals surface area (Å²) in [4.78, 5) is 25.2. The van der Waals surface area contributed by atoms with Gasteiger partial charge < -0.3 is 9.64 Å². The van der Waals surface area contributed by atoms with Crippen molar-refractivity contribution < 1.29 is 14.3 Å². The molecule has 0 fully saturated rings. The summed E-state index contributed by atoms with van der Waals surface area (Å²) in [6, 6.07) is 10.3. The molecule has 1 amide bonds. The van der Waals surface area contributed by atoms with Crippen LogP contribution < -0.4 is 0 Å². The molecule has 1 aromatic carbocycles. The number of hydrogen-bond acceptors (Lipinski definition) is 3. The number of hydrogen-bond donors (Lipinski definition) is 0. The second-order valence-electron chi connectivity index (χ2n) is 6.03. The molecule has 1 rings (SSSR count). The van der Waals surface area contributed by atoms with Crippen molar-refractivity contribution >= 4 is 11.9 Å². The number of benzene rings is 1. The fourth-order valence-electron chi connectivity index (χ4n) is 2.40. The molecule has 0 saturated heterocycles. The molecule has 0 saturated carbocycles. The molecule has 2 atom stereocenters. The van der Waals surface area contributed by atoms with Gasteiger partial charge in [-0.25, -0.2) is 0 Å². The Balaban J connectivity index is 2.35. The van der Waals surface area contributed by atoms with Crippen LogP contribution in [0.25, 0.3) is 0 Å². The fourth-order valence-corrected chi connectivity index (χ4v) is 2.40. The van der Waals surface area contributed by atoms with Gasteiger partial charge in [-0.15, -0.1) is 0 Å². The number of carbonyl (C=O) groups excluding carboxylic acids is 2. The summed E-state index contributed by atoms with van der Waals surface area (Å²) in [7, 11) is 3.11. The fraction of sp³-hybridized carbons (Fsp3) is 0.556. The average molecular weight is 305 g/mol. The van der Waals surface area contributed by atoms with Gasteiger partial charge in [-0.3, -0.25) is 9.59 Å². The highest BCUT2D eigenvalue weighted by Crippen LogP contribution is 2.14. The Bertz CT molecular complexity index is 472. The molecule has 0 aliphatic carbocycles. The number of methoxy groups -OCH3 is 1. The summed E-state index contributed by atoms with van der Waals surface area (Å²) in [6.07, 6.45) is 2.48. The number of amides is 1. The van der Waals surface area contributed by atoms with E-state index < -0.39 is 0 Å². The molecule has 0 aliphatic heterocycles. The predicted octanol–water partition coefficient (Wildman–Crippen LogP) is 2.91. The molecule has 0 bridgehead atoms. The van der Waals surface area contributed by atoms with Gasteiger partial charge in [0.25, 0.3) is 0 Å².